The standard InChI is InChI=1S/C10H19N3O/c1-4-9(2)11-5-6-13-8-7-12(3)10(13)14/h7-9,11H,4-6H2,1-3H3. The molecule has 4 heteroatoms. The fourth-order valence-electron chi connectivity index (χ4n) is 1.26. The van der Waals surface area contributed by atoms with E-state index in [9.17, 15) is 4.79 Å². The Kier molecular flexibility index (Phi) is 3.95. The highest BCUT2D eigenvalue weighted by molar-refractivity contribution is 4.79. The third-order valence-electron chi connectivity index (χ3n) is 2.48. The molecular formula is C10H19N3O. The zero-order valence-corrected chi connectivity index (χ0v) is 9.16. The Hall–Kier alpha value is -1.03. The Balaban J connectivity index is 2.39. The van der Waals surface area contributed by atoms with Crippen molar-refractivity contribution in [3.8, 4) is 0 Å². The van der Waals surface area contributed by atoms with E-state index in [1.54, 1.807) is 22.4 Å². The first-order valence-electron chi connectivity index (χ1n) is 5.10. The quantitative estimate of drug-likeness (QED) is 0.749. The smallest absolute Gasteiger partial charge is 0.312 e. The van der Waals surface area contributed by atoms with Gasteiger partial charge in [0.05, 0.1) is 0 Å². The van der Waals surface area contributed by atoms with Gasteiger partial charge in [-0.1, -0.05) is 6.92 Å². The van der Waals surface area contributed by atoms with Crippen molar-refractivity contribution in [2.45, 2.75) is 32.9 Å². The zero-order valence-electron chi connectivity index (χ0n) is 9.16. The fraction of sp³-hybridized carbons (Fsp3) is 0.700. The highest BCUT2D eigenvalue weighted by Gasteiger charge is 2.00. The molecule has 0 aromatic carbocycles. The Labute approximate surface area is 84.5 Å². The predicted octanol–water partition coefficient (Wildman–Crippen LogP) is 0.575. The largest absolute Gasteiger partial charge is 0.327 e. The van der Waals surface area contributed by atoms with E-state index >= 15 is 0 Å². The molecule has 80 valence electrons. The molecule has 1 aromatic rings. The highest BCUT2D eigenvalue weighted by Crippen LogP contribution is 1.87. The van der Waals surface area contributed by atoms with Crippen molar-refractivity contribution < 1.29 is 0 Å². The minimum Gasteiger partial charge on any atom is -0.312 e. The molecule has 0 radical (unpaired) electrons. The molecule has 1 unspecified atom stereocenters. The summed E-state index contributed by atoms with van der Waals surface area (Å²) in [6.07, 6.45) is 4.72. The summed E-state index contributed by atoms with van der Waals surface area (Å²) in [5, 5.41) is 3.35. The maximum Gasteiger partial charge on any atom is 0.327 e. The van der Waals surface area contributed by atoms with Crippen LogP contribution in [0.25, 0.3) is 0 Å². The molecule has 0 saturated carbocycles. The van der Waals surface area contributed by atoms with Crippen LogP contribution in [0.4, 0.5) is 0 Å². The number of nitrogens with one attached hydrogen (secondary N) is 1. The molecule has 0 amide bonds. The van der Waals surface area contributed by atoms with Crippen LogP contribution in [-0.2, 0) is 13.6 Å². The van der Waals surface area contributed by atoms with Crippen molar-refractivity contribution in [3.63, 3.8) is 0 Å². The number of hydrogen-bond acceptors (Lipinski definition) is 2. The maximum absolute atomic E-state index is 11.4. The van der Waals surface area contributed by atoms with Crippen LogP contribution in [0.15, 0.2) is 17.2 Å². The molecule has 4 nitrogen and oxygen atoms in total. The molecule has 0 saturated heterocycles. The first-order valence-corrected chi connectivity index (χ1v) is 5.10. The van der Waals surface area contributed by atoms with Crippen LogP contribution >= 0.6 is 0 Å². The normalized spacial score (nSPS) is 13.1. The summed E-state index contributed by atoms with van der Waals surface area (Å²) in [6, 6.07) is 0.523. The van der Waals surface area contributed by atoms with Gasteiger partial charge in [-0.3, -0.25) is 4.57 Å². The van der Waals surface area contributed by atoms with Crippen molar-refractivity contribution in [2.75, 3.05) is 6.54 Å². The van der Waals surface area contributed by atoms with Crippen LogP contribution in [-0.4, -0.2) is 21.7 Å². The lowest BCUT2D eigenvalue weighted by atomic mass is 10.3. The van der Waals surface area contributed by atoms with Gasteiger partial charge >= 0.3 is 5.69 Å². The minimum atomic E-state index is 0.0518. The molecule has 1 N–H and O–H groups in total. The summed E-state index contributed by atoms with van der Waals surface area (Å²) < 4.78 is 3.30. The number of hydrogen-bond donors (Lipinski definition) is 1. The van der Waals surface area contributed by atoms with E-state index in [0.717, 1.165) is 19.5 Å². The SMILES string of the molecule is CCC(C)NCCn1ccn(C)c1=O. The third kappa shape index (κ3) is 2.73. The Morgan fingerprint density at radius 3 is 2.71 bits per heavy atom. The van der Waals surface area contributed by atoms with E-state index in [-0.39, 0.29) is 5.69 Å². The van der Waals surface area contributed by atoms with Crippen molar-refractivity contribution in [2.24, 2.45) is 7.05 Å². The summed E-state index contributed by atoms with van der Waals surface area (Å²) in [5.41, 5.74) is 0.0518. The topological polar surface area (TPSA) is 39.0 Å². The summed E-state index contributed by atoms with van der Waals surface area (Å²) >= 11 is 0. The molecule has 1 heterocycles. The van der Waals surface area contributed by atoms with Crippen LogP contribution in [0, 0.1) is 0 Å². The van der Waals surface area contributed by atoms with Crippen LogP contribution in [0.3, 0.4) is 0 Å². The Morgan fingerprint density at radius 2 is 2.21 bits per heavy atom. The Bertz CT molecular complexity index is 326. The van der Waals surface area contributed by atoms with E-state index in [0.29, 0.717) is 6.04 Å². The van der Waals surface area contributed by atoms with Crippen LogP contribution in [0.5, 0.6) is 0 Å². The molecule has 0 fully saturated rings. The van der Waals surface area contributed by atoms with E-state index in [4.69, 9.17) is 0 Å². The van der Waals surface area contributed by atoms with Gasteiger partial charge in [0.1, 0.15) is 0 Å². The monoisotopic (exact) mass is 197 g/mol. The molecule has 1 aromatic heterocycles. The molecule has 0 spiro atoms. The van der Waals surface area contributed by atoms with Gasteiger partial charge in [-0.15, -0.1) is 0 Å². The lowest BCUT2D eigenvalue weighted by molar-refractivity contribution is 0.498. The second kappa shape index (κ2) is 5.00. The lowest BCUT2D eigenvalue weighted by Gasteiger charge is -2.10. The maximum atomic E-state index is 11.4. The van der Waals surface area contributed by atoms with Gasteiger partial charge in [0.2, 0.25) is 0 Å². The molecular weight excluding hydrogens is 178 g/mol. The van der Waals surface area contributed by atoms with Gasteiger partial charge in [-0.2, -0.15) is 0 Å². The minimum absolute atomic E-state index is 0.0518. The zero-order chi connectivity index (χ0) is 10.6. The van der Waals surface area contributed by atoms with Crippen molar-refractivity contribution in [1.82, 2.24) is 14.5 Å². The summed E-state index contributed by atoms with van der Waals surface area (Å²) in [4.78, 5) is 11.4. The van der Waals surface area contributed by atoms with Gasteiger partial charge in [0, 0.05) is 38.6 Å². The Morgan fingerprint density at radius 1 is 1.50 bits per heavy atom. The average molecular weight is 197 g/mol. The van der Waals surface area contributed by atoms with E-state index in [1.165, 1.54) is 0 Å². The first-order chi connectivity index (χ1) is 6.65. The number of aromatic nitrogens is 2. The summed E-state index contributed by atoms with van der Waals surface area (Å²) in [5.74, 6) is 0. The van der Waals surface area contributed by atoms with Crippen LogP contribution < -0.4 is 11.0 Å². The molecule has 14 heavy (non-hydrogen) atoms. The molecule has 1 rings (SSSR count). The van der Waals surface area contributed by atoms with Gasteiger partial charge in [0.25, 0.3) is 0 Å². The number of nitrogens with zero attached hydrogens (tertiary/aromatic N) is 2. The third-order valence-corrected chi connectivity index (χ3v) is 2.48. The number of rotatable bonds is 5. The fourth-order valence-corrected chi connectivity index (χ4v) is 1.26. The average Bonchev–Trinajstić information content (AvgIpc) is 2.49. The second-order valence-electron chi connectivity index (χ2n) is 3.65. The van der Waals surface area contributed by atoms with Crippen LogP contribution in [0.2, 0.25) is 0 Å². The van der Waals surface area contributed by atoms with Gasteiger partial charge in [-0.05, 0) is 13.3 Å². The molecule has 0 aliphatic carbocycles. The van der Waals surface area contributed by atoms with Crippen LogP contribution in [0.1, 0.15) is 20.3 Å². The number of imidazole rings is 1. The van der Waals surface area contributed by atoms with E-state index in [2.05, 4.69) is 19.2 Å². The molecule has 0 aliphatic rings. The van der Waals surface area contributed by atoms with Gasteiger partial charge < -0.3 is 9.88 Å². The lowest BCUT2D eigenvalue weighted by Crippen LogP contribution is -2.31. The van der Waals surface area contributed by atoms with E-state index < -0.39 is 0 Å². The first kappa shape index (κ1) is 11.0. The van der Waals surface area contributed by atoms with Gasteiger partial charge in [0.15, 0.2) is 0 Å². The van der Waals surface area contributed by atoms with Crippen molar-refractivity contribution in [3.05, 3.63) is 22.9 Å². The summed E-state index contributed by atoms with van der Waals surface area (Å²) in [6.45, 7) is 5.88. The highest BCUT2D eigenvalue weighted by atomic mass is 16.1. The molecule has 1 atom stereocenters. The van der Waals surface area contributed by atoms with Crippen molar-refractivity contribution >= 4 is 0 Å². The van der Waals surface area contributed by atoms with Gasteiger partial charge in [-0.25, -0.2) is 4.79 Å². The van der Waals surface area contributed by atoms with Crippen molar-refractivity contribution in [1.29, 1.82) is 0 Å². The second-order valence-corrected chi connectivity index (χ2v) is 3.65. The predicted molar refractivity (Wildman–Crippen MR) is 57.4 cm³/mol. The molecule has 0 aliphatic heterocycles. The number of aryl methyl sites for hydroxylation is 1. The molecule has 0 bridgehead atoms. The summed E-state index contributed by atoms with van der Waals surface area (Å²) in [7, 11) is 1.76. The van der Waals surface area contributed by atoms with E-state index in [1.807, 2.05) is 6.20 Å².